The van der Waals surface area contributed by atoms with E-state index in [-0.39, 0.29) is 18.6 Å². The van der Waals surface area contributed by atoms with E-state index in [0.29, 0.717) is 6.54 Å². The van der Waals surface area contributed by atoms with Gasteiger partial charge in [-0.1, -0.05) is 12.8 Å². The highest BCUT2D eigenvalue weighted by atomic mass is 16.4. The Kier molecular flexibility index (Phi) is 4.18. The van der Waals surface area contributed by atoms with Gasteiger partial charge >= 0.3 is 5.97 Å². The molecule has 4 heteroatoms. The summed E-state index contributed by atoms with van der Waals surface area (Å²) in [5.41, 5.74) is 0. The first kappa shape index (κ1) is 10.5. The molecule has 1 rings (SSSR count). The van der Waals surface area contributed by atoms with E-state index < -0.39 is 5.97 Å². The average molecular weight is 187 g/mol. The van der Waals surface area contributed by atoms with Crippen molar-refractivity contribution in [1.29, 1.82) is 0 Å². The molecule has 1 aliphatic rings. The van der Waals surface area contributed by atoms with Gasteiger partial charge in [0.25, 0.3) is 0 Å². The minimum Gasteiger partial charge on any atom is -0.480 e. The molecule has 0 amide bonds. The van der Waals surface area contributed by atoms with Gasteiger partial charge in [0.15, 0.2) is 0 Å². The molecule has 0 saturated heterocycles. The number of carbonyl (C=O) groups is 1. The van der Waals surface area contributed by atoms with Gasteiger partial charge in [0, 0.05) is 6.54 Å². The van der Waals surface area contributed by atoms with Gasteiger partial charge in [0.05, 0.1) is 12.6 Å². The van der Waals surface area contributed by atoms with Crippen LogP contribution < -0.4 is 5.32 Å². The second-order valence-electron chi connectivity index (χ2n) is 3.64. The monoisotopic (exact) mass is 187 g/mol. The Hall–Kier alpha value is -0.610. The molecule has 1 aliphatic carbocycles. The Morgan fingerprint density at radius 1 is 1.38 bits per heavy atom. The van der Waals surface area contributed by atoms with Crippen molar-refractivity contribution < 1.29 is 15.0 Å². The van der Waals surface area contributed by atoms with Crippen LogP contribution in [-0.2, 0) is 4.79 Å². The van der Waals surface area contributed by atoms with Crippen LogP contribution in [0.3, 0.4) is 0 Å². The Balaban J connectivity index is 2.15. The van der Waals surface area contributed by atoms with Gasteiger partial charge in [-0.15, -0.1) is 0 Å². The summed E-state index contributed by atoms with van der Waals surface area (Å²) in [5.74, 6) is -0.599. The molecule has 2 unspecified atom stereocenters. The van der Waals surface area contributed by atoms with E-state index in [1.165, 1.54) is 0 Å². The molecule has 0 aliphatic heterocycles. The third-order valence-electron chi connectivity index (χ3n) is 2.55. The highest BCUT2D eigenvalue weighted by Crippen LogP contribution is 2.23. The SMILES string of the molecule is O=C(O)CNCC1CCCCC1O. The fourth-order valence-electron chi connectivity index (χ4n) is 1.79. The Morgan fingerprint density at radius 2 is 2.08 bits per heavy atom. The molecule has 0 bridgehead atoms. The molecule has 0 aromatic heterocycles. The minimum atomic E-state index is -0.842. The molecule has 3 N–H and O–H groups in total. The normalized spacial score (nSPS) is 28.7. The first-order valence-corrected chi connectivity index (χ1v) is 4.80. The molecule has 0 aromatic carbocycles. The van der Waals surface area contributed by atoms with Crippen molar-refractivity contribution in [2.24, 2.45) is 5.92 Å². The van der Waals surface area contributed by atoms with Crippen molar-refractivity contribution in [3.63, 3.8) is 0 Å². The van der Waals surface area contributed by atoms with Crippen LogP contribution in [0, 0.1) is 5.92 Å². The number of carboxylic acid groups (broad SMARTS) is 1. The summed E-state index contributed by atoms with van der Waals surface area (Å²) in [6.07, 6.45) is 3.87. The number of carboxylic acids is 1. The highest BCUT2D eigenvalue weighted by Gasteiger charge is 2.22. The molecule has 13 heavy (non-hydrogen) atoms. The molecular weight excluding hydrogens is 170 g/mol. The molecule has 0 radical (unpaired) electrons. The van der Waals surface area contributed by atoms with Crippen LogP contribution >= 0.6 is 0 Å². The van der Waals surface area contributed by atoms with Crippen LogP contribution in [0.2, 0.25) is 0 Å². The molecule has 0 heterocycles. The summed E-state index contributed by atoms with van der Waals surface area (Å²) < 4.78 is 0. The third-order valence-corrected chi connectivity index (χ3v) is 2.55. The summed E-state index contributed by atoms with van der Waals surface area (Å²) in [4.78, 5) is 10.2. The van der Waals surface area contributed by atoms with Crippen LogP contribution in [-0.4, -0.2) is 35.4 Å². The van der Waals surface area contributed by atoms with Crippen molar-refractivity contribution in [1.82, 2.24) is 5.32 Å². The predicted octanol–water partition coefficient (Wildman–Crippen LogP) is 0.212. The van der Waals surface area contributed by atoms with Crippen LogP contribution in [0.5, 0.6) is 0 Å². The van der Waals surface area contributed by atoms with Gasteiger partial charge < -0.3 is 15.5 Å². The highest BCUT2D eigenvalue weighted by molar-refractivity contribution is 5.68. The summed E-state index contributed by atoms with van der Waals surface area (Å²) in [6, 6.07) is 0. The molecule has 76 valence electrons. The summed E-state index contributed by atoms with van der Waals surface area (Å²) in [5, 5.41) is 20.8. The maximum Gasteiger partial charge on any atom is 0.317 e. The fraction of sp³-hybridized carbons (Fsp3) is 0.889. The largest absolute Gasteiger partial charge is 0.480 e. The second-order valence-corrected chi connectivity index (χ2v) is 3.64. The first-order chi connectivity index (χ1) is 6.20. The average Bonchev–Trinajstić information content (AvgIpc) is 2.08. The van der Waals surface area contributed by atoms with Crippen LogP contribution in [0.25, 0.3) is 0 Å². The lowest BCUT2D eigenvalue weighted by molar-refractivity contribution is -0.136. The molecule has 1 fully saturated rings. The van der Waals surface area contributed by atoms with E-state index in [9.17, 15) is 9.90 Å². The van der Waals surface area contributed by atoms with Gasteiger partial charge in [-0.05, 0) is 18.8 Å². The van der Waals surface area contributed by atoms with Crippen LogP contribution in [0.15, 0.2) is 0 Å². The summed E-state index contributed by atoms with van der Waals surface area (Å²) >= 11 is 0. The lowest BCUT2D eigenvalue weighted by Crippen LogP contribution is -2.35. The quantitative estimate of drug-likeness (QED) is 0.588. The van der Waals surface area contributed by atoms with Gasteiger partial charge in [-0.3, -0.25) is 4.79 Å². The zero-order valence-electron chi connectivity index (χ0n) is 7.70. The topological polar surface area (TPSA) is 69.6 Å². The lowest BCUT2D eigenvalue weighted by atomic mass is 9.86. The van der Waals surface area contributed by atoms with Gasteiger partial charge in [0.2, 0.25) is 0 Å². The Morgan fingerprint density at radius 3 is 2.69 bits per heavy atom. The number of hydrogen-bond acceptors (Lipinski definition) is 3. The van der Waals surface area contributed by atoms with E-state index in [2.05, 4.69) is 5.32 Å². The van der Waals surface area contributed by atoms with Crippen molar-refractivity contribution >= 4 is 5.97 Å². The second kappa shape index (κ2) is 5.19. The summed E-state index contributed by atoms with van der Waals surface area (Å²) in [6.45, 7) is 0.608. The number of hydrogen-bond donors (Lipinski definition) is 3. The molecule has 4 nitrogen and oxygen atoms in total. The van der Waals surface area contributed by atoms with E-state index in [0.717, 1.165) is 25.7 Å². The zero-order chi connectivity index (χ0) is 9.68. The lowest BCUT2D eigenvalue weighted by Gasteiger charge is -2.27. The number of rotatable bonds is 4. The molecule has 0 spiro atoms. The number of aliphatic hydroxyl groups is 1. The van der Waals surface area contributed by atoms with Crippen molar-refractivity contribution in [3.05, 3.63) is 0 Å². The van der Waals surface area contributed by atoms with E-state index in [4.69, 9.17) is 5.11 Å². The number of aliphatic hydroxyl groups excluding tert-OH is 1. The van der Waals surface area contributed by atoms with Crippen molar-refractivity contribution in [3.8, 4) is 0 Å². The Bertz CT molecular complexity index is 172. The summed E-state index contributed by atoms with van der Waals surface area (Å²) in [7, 11) is 0. The molecule has 1 saturated carbocycles. The molecule has 2 atom stereocenters. The fourth-order valence-corrected chi connectivity index (χ4v) is 1.79. The number of aliphatic carboxylic acids is 1. The van der Waals surface area contributed by atoms with Gasteiger partial charge in [-0.25, -0.2) is 0 Å². The van der Waals surface area contributed by atoms with Gasteiger partial charge in [0.1, 0.15) is 0 Å². The van der Waals surface area contributed by atoms with Crippen LogP contribution in [0.4, 0.5) is 0 Å². The van der Waals surface area contributed by atoms with E-state index in [1.54, 1.807) is 0 Å². The minimum absolute atomic E-state index is 0.0107. The standard InChI is InChI=1S/C9H17NO3/c11-8-4-2-1-3-7(8)5-10-6-9(12)13/h7-8,10-11H,1-6H2,(H,12,13). The van der Waals surface area contributed by atoms with Gasteiger partial charge in [-0.2, -0.15) is 0 Å². The first-order valence-electron chi connectivity index (χ1n) is 4.80. The van der Waals surface area contributed by atoms with Crippen LogP contribution in [0.1, 0.15) is 25.7 Å². The third kappa shape index (κ3) is 3.74. The maximum atomic E-state index is 10.2. The predicted molar refractivity (Wildman–Crippen MR) is 48.5 cm³/mol. The Labute approximate surface area is 78.0 Å². The van der Waals surface area contributed by atoms with E-state index >= 15 is 0 Å². The molecule has 0 aromatic rings. The maximum absolute atomic E-state index is 10.2. The number of nitrogens with one attached hydrogen (secondary N) is 1. The smallest absolute Gasteiger partial charge is 0.317 e. The van der Waals surface area contributed by atoms with Crippen molar-refractivity contribution in [2.45, 2.75) is 31.8 Å². The zero-order valence-corrected chi connectivity index (χ0v) is 7.70. The molecular formula is C9H17NO3. The van der Waals surface area contributed by atoms with E-state index in [1.807, 2.05) is 0 Å². The van der Waals surface area contributed by atoms with Crippen molar-refractivity contribution in [2.75, 3.05) is 13.1 Å².